The van der Waals surface area contributed by atoms with Gasteiger partial charge in [0.1, 0.15) is 0 Å². The molecule has 96 valence electrons. The zero-order chi connectivity index (χ0) is 12.6. The summed E-state index contributed by atoms with van der Waals surface area (Å²) in [6.07, 6.45) is 5.42. The number of hydroxylamine groups is 1. The average Bonchev–Trinajstić information content (AvgIpc) is 2.84. The van der Waals surface area contributed by atoms with E-state index in [1.807, 2.05) is 18.2 Å². The van der Waals surface area contributed by atoms with E-state index in [-0.39, 0.29) is 0 Å². The van der Waals surface area contributed by atoms with E-state index in [1.54, 1.807) is 0 Å². The van der Waals surface area contributed by atoms with Crippen molar-refractivity contribution in [3.63, 3.8) is 0 Å². The Kier molecular flexibility index (Phi) is 5.00. The summed E-state index contributed by atoms with van der Waals surface area (Å²) in [5, 5.41) is 0. The number of nitrogens with zero attached hydrogens (tertiary/aromatic N) is 1. The zero-order valence-electron chi connectivity index (χ0n) is 10.8. The van der Waals surface area contributed by atoms with Crippen molar-refractivity contribution in [3.8, 4) is 0 Å². The lowest BCUT2D eigenvalue weighted by molar-refractivity contribution is 0.0235. The lowest BCUT2D eigenvalue weighted by atomic mass is 10.2. The van der Waals surface area contributed by atoms with Gasteiger partial charge in [0.05, 0.1) is 6.61 Å². The fourth-order valence-corrected chi connectivity index (χ4v) is 1.84. The zero-order valence-corrected chi connectivity index (χ0v) is 10.8. The molecule has 1 N–H and O–H groups in total. The molecule has 0 unspecified atom stereocenters. The minimum absolute atomic E-state index is 0.594. The maximum Gasteiger partial charge on any atom is 0.0933 e. The Morgan fingerprint density at radius 1 is 1.11 bits per heavy atom. The van der Waals surface area contributed by atoms with Gasteiger partial charge < -0.3 is 4.57 Å². The SMILES string of the molecule is CCCn1ccc(CNOCc2ccccc2)c1. The molecule has 0 saturated heterocycles. The van der Waals surface area contributed by atoms with Gasteiger partial charge in [-0.2, -0.15) is 5.48 Å². The molecule has 0 radical (unpaired) electrons. The smallest absolute Gasteiger partial charge is 0.0933 e. The van der Waals surface area contributed by atoms with E-state index in [4.69, 9.17) is 4.84 Å². The second kappa shape index (κ2) is 6.99. The molecule has 0 aliphatic rings. The van der Waals surface area contributed by atoms with E-state index < -0.39 is 0 Å². The number of rotatable bonds is 7. The number of aryl methyl sites for hydroxylation is 1. The van der Waals surface area contributed by atoms with Crippen LogP contribution in [0.4, 0.5) is 0 Å². The summed E-state index contributed by atoms with van der Waals surface area (Å²) >= 11 is 0. The second-order valence-corrected chi connectivity index (χ2v) is 4.35. The van der Waals surface area contributed by atoms with Crippen molar-refractivity contribution in [2.75, 3.05) is 0 Å². The number of aromatic nitrogens is 1. The van der Waals surface area contributed by atoms with Crippen LogP contribution in [0.1, 0.15) is 24.5 Å². The molecular weight excluding hydrogens is 224 g/mol. The molecule has 1 heterocycles. The predicted octanol–water partition coefficient (Wildman–Crippen LogP) is 3.12. The highest BCUT2D eigenvalue weighted by Gasteiger charge is 1.96. The number of hydrogen-bond donors (Lipinski definition) is 1. The highest BCUT2D eigenvalue weighted by molar-refractivity contribution is 5.13. The van der Waals surface area contributed by atoms with Crippen LogP contribution < -0.4 is 5.48 Å². The third-order valence-electron chi connectivity index (χ3n) is 2.75. The first-order chi connectivity index (χ1) is 8.88. The lowest BCUT2D eigenvalue weighted by Crippen LogP contribution is -2.13. The minimum atomic E-state index is 0.594. The normalized spacial score (nSPS) is 10.7. The molecule has 1 aromatic carbocycles. The van der Waals surface area contributed by atoms with Gasteiger partial charge in [0, 0.05) is 25.5 Å². The van der Waals surface area contributed by atoms with Crippen molar-refractivity contribution < 1.29 is 4.84 Å². The Morgan fingerprint density at radius 3 is 2.72 bits per heavy atom. The molecule has 0 amide bonds. The molecule has 1 aromatic heterocycles. The van der Waals surface area contributed by atoms with Gasteiger partial charge in [-0.25, -0.2) is 0 Å². The average molecular weight is 244 g/mol. The van der Waals surface area contributed by atoms with Gasteiger partial charge in [-0.05, 0) is 23.6 Å². The van der Waals surface area contributed by atoms with Crippen LogP contribution in [-0.4, -0.2) is 4.57 Å². The molecule has 0 saturated carbocycles. The standard InChI is InChI=1S/C15H20N2O/c1-2-9-17-10-8-15(12-17)11-16-18-13-14-6-4-3-5-7-14/h3-8,10,12,16H,2,9,11,13H2,1H3. The minimum Gasteiger partial charge on any atom is -0.354 e. The third kappa shape index (κ3) is 4.02. The van der Waals surface area contributed by atoms with Crippen LogP contribution in [0, 0.1) is 0 Å². The fourth-order valence-electron chi connectivity index (χ4n) is 1.84. The Bertz CT molecular complexity index is 451. The summed E-state index contributed by atoms with van der Waals surface area (Å²) in [6, 6.07) is 12.3. The summed E-state index contributed by atoms with van der Waals surface area (Å²) in [5.74, 6) is 0. The Morgan fingerprint density at radius 2 is 1.94 bits per heavy atom. The van der Waals surface area contributed by atoms with Crippen molar-refractivity contribution in [1.29, 1.82) is 0 Å². The Labute approximate surface area is 108 Å². The molecule has 2 aromatic rings. The molecule has 0 aliphatic heterocycles. The van der Waals surface area contributed by atoms with Gasteiger partial charge in [-0.15, -0.1) is 0 Å². The van der Waals surface area contributed by atoms with Gasteiger partial charge in [-0.3, -0.25) is 4.84 Å². The van der Waals surface area contributed by atoms with Crippen molar-refractivity contribution in [1.82, 2.24) is 10.0 Å². The van der Waals surface area contributed by atoms with Crippen LogP contribution in [-0.2, 0) is 24.5 Å². The van der Waals surface area contributed by atoms with E-state index in [1.165, 1.54) is 11.1 Å². The first kappa shape index (κ1) is 12.9. The number of benzene rings is 1. The topological polar surface area (TPSA) is 26.2 Å². The lowest BCUT2D eigenvalue weighted by Gasteiger charge is -2.04. The van der Waals surface area contributed by atoms with E-state index in [2.05, 4.69) is 47.6 Å². The Hall–Kier alpha value is -1.58. The molecule has 0 spiro atoms. The number of hydrogen-bond acceptors (Lipinski definition) is 2. The van der Waals surface area contributed by atoms with Crippen LogP contribution in [0.3, 0.4) is 0 Å². The summed E-state index contributed by atoms with van der Waals surface area (Å²) in [6.45, 7) is 4.59. The molecule has 2 rings (SSSR count). The first-order valence-corrected chi connectivity index (χ1v) is 6.41. The van der Waals surface area contributed by atoms with Crippen LogP contribution in [0.25, 0.3) is 0 Å². The molecular formula is C15H20N2O. The van der Waals surface area contributed by atoms with E-state index in [0.717, 1.165) is 19.5 Å². The van der Waals surface area contributed by atoms with E-state index >= 15 is 0 Å². The molecule has 0 aliphatic carbocycles. The van der Waals surface area contributed by atoms with Crippen molar-refractivity contribution in [2.45, 2.75) is 33.0 Å². The third-order valence-corrected chi connectivity index (χ3v) is 2.75. The van der Waals surface area contributed by atoms with Crippen LogP contribution in [0.5, 0.6) is 0 Å². The van der Waals surface area contributed by atoms with Gasteiger partial charge in [0.25, 0.3) is 0 Å². The van der Waals surface area contributed by atoms with Crippen molar-refractivity contribution in [3.05, 3.63) is 59.9 Å². The van der Waals surface area contributed by atoms with E-state index in [9.17, 15) is 0 Å². The molecule has 0 fully saturated rings. The Balaban J connectivity index is 1.68. The van der Waals surface area contributed by atoms with Crippen LogP contribution >= 0.6 is 0 Å². The molecule has 18 heavy (non-hydrogen) atoms. The number of nitrogens with one attached hydrogen (secondary N) is 1. The first-order valence-electron chi connectivity index (χ1n) is 6.41. The van der Waals surface area contributed by atoms with Gasteiger partial charge >= 0.3 is 0 Å². The molecule has 0 atom stereocenters. The van der Waals surface area contributed by atoms with Crippen LogP contribution in [0.2, 0.25) is 0 Å². The van der Waals surface area contributed by atoms with Crippen molar-refractivity contribution >= 4 is 0 Å². The maximum absolute atomic E-state index is 5.43. The highest BCUT2D eigenvalue weighted by Crippen LogP contribution is 2.03. The quantitative estimate of drug-likeness (QED) is 0.598. The van der Waals surface area contributed by atoms with Gasteiger partial charge in [-0.1, -0.05) is 37.3 Å². The monoisotopic (exact) mass is 244 g/mol. The fraction of sp³-hybridized carbons (Fsp3) is 0.333. The predicted molar refractivity (Wildman–Crippen MR) is 72.8 cm³/mol. The van der Waals surface area contributed by atoms with Gasteiger partial charge in [0.2, 0.25) is 0 Å². The van der Waals surface area contributed by atoms with Crippen LogP contribution in [0.15, 0.2) is 48.8 Å². The molecule has 0 bridgehead atoms. The summed E-state index contributed by atoms with van der Waals surface area (Å²) in [5.41, 5.74) is 5.41. The molecule has 3 heteroatoms. The summed E-state index contributed by atoms with van der Waals surface area (Å²) < 4.78 is 2.20. The maximum atomic E-state index is 5.43. The van der Waals surface area contributed by atoms with Gasteiger partial charge in [0.15, 0.2) is 0 Å². The largest absolute Gasteiger partial charge is 0.354 e. The van der Waals surface area contributed by atoms with Crippen molar-refractivity contribution in [2.24, 2.45) is 0 Å². The van der Waals surface area contributed by atoms with E-state index in [0.29, 0.717) is 6.61 Å². The molecule has 3 nitrogen and oxygen atoms in total. The highest BCUT2D eigenvalue weighted by atomic mass is 16.6. The summed E-state index contributed by atoms with van der Waals surface area (Å²) in [4.78, 5) is 5.43. The summed E-state index contributed by atoms with van der Waals surface area (Å²) in [7, 11) is 0. The second-order valence-electron chi connectivity index (χ2n) is 4.35.